The summed E-state index contributed by atoms with van der Waals surface area (Å²) in [5.41, 5.74) is 3.45. The molecular weight excluding hydrogens is 468 g/mol. The Morgan fingerprint density at radius 2 is 1.77 bits per heavy atom. The van der Waals surface area contributed by atoms with E-state index in [1.165, 1.54) is 12.1 Å². The molecule has 4 rings (SSSR count). The average molecular weight is 495 g/mol. The first kappa shape index (κ1) is 24.2. The predicted octanol–water partition coefficient (Wildman–Crippen LogP) is 4.97. The van der Waals surface area contributed by atoms with E-state index in [4.69, 9.17) is 0 Å². The van der Waals surface area contributed by atoms with Gasteiger partial charge >= 0.3 is 0 Å². The fourth-order valence-corrected chi connectivity index (χ4v) is 4.81. The Hall–Kier alpha value is -3.92. The number of nitrogens with zero attached hydrogens (tertiary/aromatic N) is 1. The summed E-state index contributed by atoms with van der Waals surface area (Å²) in [6.07, 6.45) is 1.81. The Morgan fingerprint density at radius 1 is 1.03 bits per heavy atom. The fraction of sp³-hybridized carbons (Fsp3) is 0.240. The highest BCUT2D eigenvalue weighted by Crippen LogP contribution is 2.31. The summed E-state index contributed by atoms with van der Waals surface area (Å²) in [6.45, 7) is 3.94. The number of hydrogen-bond donors (Lipinski definition) is 3. The minimum absolute atomic E-state index is 0.00279. The summed E-state index contributed by atoms with van der Waals surface area (Å²) in [6, 6.07) is 16.3. The Bertz CT molecular complexity index is 1400. The minimum Gasteiger partial charge on any atom is -0.375 e. The standard InChI is InChI=1S/C25H26N4O5S/c1-16-6-10-22(17(2)12-16)28-35(33,34)21-9-11-23(24(14-21)29(31)32)26-15-18-4-3-5-20(13-18)27-25(30)19-7-8-19/h3-6,9-14,19,26,28H,7-8,15H2,1-2H3,(H,27,30). The largest absolute Gasteiger partial charge is 0.375 e. The zero-order valence-electron chi connectivity index (χ0n) is 19.4. The van der Waals surface area contributed by atoms with Crippen LogP contribution in [0.1, 0.15) is 29.5 Å². The molecule has 0 aromatic heterocycles. The van der Waals surface area contributed by atoms with Crippen molar-refractivity contribution >= 4 is 38.7 Å². The van der Waals surface area contributed by atoms with Gasteiger partial charge in [0.15, 0.2) is 0 Å². The summed E-state index contributed by atoms with van der Waals surface area (Å²) in [7, 11) is -4.03. The number of amides is 1. The van der Waals surface area contributed by atoms with Crippen molar-refractivity contribution in [2.75, 3.05) is 15.4 Å². The van der Waals surface area contributed by atoms with Crippen molar-refractivity contribution in [3.63, 3.8) is 0 Å². The Balaban J connectivity index is 1.50. The summed E-state index contributed by atoms with van der Waals surface area (Å²) >= 11 is 0. The highest BCUT2D eigenvalue weighted by Gasteiger charge is 2.29. The molecule has 1 aliphatic rings. The highest BCUT2D eigenvalue weighted by atomic mass is 32.2. The molecule has 0 aliphatic heterocycles. The van der Waals surface area contributed by atoms with Gasteiger partial charge in [0.1, 0.15) is 5.69 Å². The van der Waals surface area contributed by atoms with Crippen molar-refractivity contribution in [3.05, 3.63) is 87.5 Å². The van der Waals surface area contributed by atoms with Crippen LogP contribution in [0.3, 0.4) is 0 Å². The first-order valence-electron chi connectivity index (χ1n) is 11.1. The molecule has 9 nitrogen and oxygen atoms in total. The lowest BCUT2D eigenvalue weighted by Gasteiger charge is -2.13. The van der Waals surface area contributed by atoms with Crippen molar-refractivity contribution in [2.45, 2.75) is 38.1 Å². The minimum atomic E-state index is -4.03. The number of carbonyl (C=O) groups is 1. The molecule has 0 heterocycles. The maximum Gasteiger partial charge on any atom is 0.293 e. The maximum atomic E-state index is 12.9. The second-order valence-corrected chi connectivity index (χ2v) is 10.4. The average Bonchev–Trinajstić information content (AvgIpc) is 3.65. The summed E-state index contributed by atoms with van der Waals surface area (Å²) in [5, 5.41) is 17.6. The molecule has 0 atom stereocenters. The molecule has 1 fully saturated rings. The van der Waals surface area contributed by atoms with Gasteiger partial charge in [0.25, 0.3) is 15.7 Å². The van der Waals surface area contributed by atoms with E-state index >= 15 is 0 Å². The van der Waals surface area contributed by atoms with Crippen molar-refractivity contribution in [2.24, 2.45) is 5.92 Å². The molecule has 0 spiro atoms. The van der Waals surface area contributed by atoms with Gasteiger partial charge in [0.2, 0.25) is 5.91 Å². The number of nitro benzene ring substituents is 1. The third-order valence-electron chi connectivity index (χ3n) is 5.73. The van der Waals surface area contributed by atoms with E-state index in [1.807, 2.05) is 19.1 Å². The van der Waals surface area contributed by atoms with Gasteiger partial charge in [-0.05, 0) is 68.1 Å². The zero-order chi connectivity index (χ0) is 25.2. The number of benzene rings is 3. The highest BCUT2D eigenvalue weighted by molar-refractivity contribution is 7.92. The van der Waals surface area contributed by atoms with Gasteiger partial charge in [-0.25, -0.2) is 8.42 Å². The topological polar surface area (TPSA) is 130 Å². The number of nitro groups is 1. The summed E-state index contributed by atoms with van der Waals surface area (Å²) in [5.74, 6) is 0.0793. The first-order chi connectivity index (χ1) is 16.6. The van der Waals surface area contributed by atoms with Crippen LogP contribution in [-0.4, -0.2) is 19.2 Å². The van der Waals surface area contributed by atoms with Crippen LogP contribution in [0.15, 0.2) is 65.6 Å². The van der Waals surface area contributed by atoms with Crippen LogP contribution in [0, 0.1) is 29.9 Å². The van der Waals surface area contributed by atoms with Crippen molar-refractivity contribution in [1.29, 1.82) is 0 Å². The van der Waals surface area contributed by atoms with E-state index in [0.717, 1.165) is 35.6 Å². The molecule has 0 unspecified atom stereocenters. The van der Waals surface area contributed by atoms with Crippen LogP contribution in [0.2, 0.25) is 0 Å². The number of aryl methyl sites for hydroxylation is 2. The van der Waals surface area contributed by atoms with Gasteiger partial charge < -0.3 is 10.6 Å². The molecule has 1 saturated carbocycles. The summed E-state index contributed by atoms with van der Waals surface area (Å²) in [4.78, 5) is 22.9. The molecule has 35 heavy (non-hydrogen) atoms. The number of carbonyl (C=O) groups excluding carboxylic acids is 1. The van der Waals surface area contributed by atoms with Gasteiger partial charge in [-0.1, -0.05) is 29.8 Å². The number of sulfonamides is 1. The fourth-order valence-electron chi connectivity index (χ4n) is 3.66. The second kappa shape index (κ2) is 9.75. The quantitative estimate of drug-likeness (QED) is 0.284. The first-order valence-corrected chi connectivity index (χ1v) is 12.6. The van der Waals surface area contributed by atoms with Gasteiger partial charge in [0, 0.05) is 24.2 Å². The molecular formula is C25H26N4O5S. The van der Waals surface area contributed by atoms with Crippen LogP contribution in [0.4, 0.5) is 22.7 Å². The third kappa shape index (κ3) is 5.96. The Labute approximate surface area is 203 Å². The predicted molar refractivity (Wildman–Crippen MR) is 135 cm³/mol. The number of anilines is 3. The number of nitrogens with one attached hydrogen (secondary N) is 3. The van der Waals surface area contributed by atoms with E-state index in [9.17, 15) is 23.3 Å². The van der Waals surface area contributed by atoms with Crippen molar-refractivity contribution in [3.8, 4) is 0 Å². The molecule has 0 bridgehead atoms. The molecule has 182 valence electrons. The molecule has 3 N–H and O–H groups in total. The number of hydrogen-bond acceptors (Lipinski definition) is 6. The lowest BCUT2D eigenvalue weighted by atomic mass is 10.1. The van der Waals surface area contributed by atoms with Crippen LogP contribution in [-0.2, 0) is 21.4 Å². The van der Waals surface area contributed by atoms with Crippen LogP contribution in [0.5, 0.6) is 0 Å². The van der Waals surface area contributed by atoms with Crippen LogP contribution in [0.25, 0.3) is 0 Å². The molecule has 1 amide bonds. The van der Waals surface area contributed by atoms with Crippen LogP contribution < -0.4 is 15.4 Å². The Kier molecular flexibility index (Phi) is 6.74. The molecule has 3 aromatic carbocycles. The van der Waals surface area contributed by atoms with E-state index in [1.54, 1.807) is 37.3 Å². The smallest absolute Gasteiger partial charge is 0.293 e. The van der Waals surface area contributed by atoms with E-state index < -0.39 is 14.9 Å². The maximum absolute atomic E-state index is 12.9. The normalized spacial score (nSPS) is 13.2. The van der Waals surface area contributed by atoms with Gasteiger partial charge in [-0.2, -0.15) is 0 Å². The molecule has 3 aromatic rings. The van der Waals surface area contributed by atoms with Crippen molar-refractivity contribution in [1.82, 2.24) is 0 Å². The number of rotatable bonds is 9. The van der Waals surface area contributed by atoms with Gasteiger partial charge in [0.05, 0.1) is 15.5 Å². The molecule has 1 aliphatic carbocycles. The van der Waals surface area contributed by atoms with E-state index in [0.29, 0.717) is 11.4 Å². The van der Waals surface area contributed by atoms with E-state index in [-0.39, 0.29) is 34.6 Å². The zero-order valence-corrected chi connectivity index (χ0v) is 20.2. The van der Waals surface area contributed by atoms with Gasteiger partial charge in [-0.3, -0.25) is 19.6 Å². The molecule has 0 saturated heterocycles. The SMILES string of the molecule is Cc1ccc(NS(=O)(=O)c2ccc(NCc3cccc(NC(=O)C4CC4)c3)c([N+](=O)[O-])c2)c(C)c1. The van der Waals surface area contributed by atoms with Crippen LogP contribution >= 0.6 is 0 Å². The monoisotopic (exact) mass is 494 g/mol. The third-order valence-corrected chi connectivity index (χ3v) is 7.09. The lowest BCUT2D eigenvalue weighted by molar-refractivity contribution is -0.384. The Morgan fingerprint density at radius 3 is 2.46 bits per heavy atom. The molecule has 10 heteroatoms. The van der Waals surface area contributed by atoms with Crippen molar-refractivity contribution < 1.29 is 18.1 Å². The van der Waals surface area contributed by atoms with Gasteiger partial charge in [-0.15, -0.1) is 0 Å². The lowest BCUT2D eigenvalue weighted by Crippen LogP contribution is -2.14. The molecule has 0 radical (unpaired) electrons. The van der Waals surface area contributed by atoms with E-state index in [2.05, 4.69) is 15.4 Å². The second-order valence-electron chi connectivity index (χ2n) is 8.68. The summed E-state index contributed by atoms with van der Waals surface area (Å²) < 4.78 is 28.3.